The molecule has 6 rings (SSSR count). The second-order valence-corrected chi connectivity index (χ2v) is 18.2. The number of hydrogen-bond donors (Lipinski definition) is 4. The van der Waals surface area contributed by atoms with Crippen molar-refractivity contribution in [3.63, 3.8) is 0 Å². The van der Waals surface area contributed by atoms with Crippen molar-refractivity contribution in [2.45, 2.75) is 70.9 Å². The minimum atomic E-state index is -3.70. The number of ether oxygens (including phenoxy) is 3. The van der Waals surface area contributed by atoms with Crippen molar-refractivity contribution < 1.29 is 41.3 Å². The number of hydrogen-bond acceptors (Lipinski definition) is 11. The van der Waals surface area contributed by atoms with E-state index in [-0.39, 0.29) is 29.0 Å². The van der Waals surface area contributed by atoms with Crippen LogP contribution in [0.15, 0.2) is 82.6 Å². The van der Waals surface area contributed by atoms with Gasteiger partial charge in [-0.2, -0.15) is 4.31 Å². The maximum absolute atomic E-state index is 13.7. The van der Waals surface area contributed by atoms with Crippen LogP contribution in [-0.4, -0.2) is 114 Å². The normalized spacial score (nSPS) is 20.7. The van der Waals surface area contributed by atoms with Gasteiger partial charge in [0.1, 0.15) is 18.5 Å². The van der Waals surface area contributed by atoms with Gasteiger partial charge < -0.3 is 35.1 Å². The predicted molar refractivity (Wildman–Crippen MR) is 193 cm³/mol. The van der Waals surface area contributed by atoms with Crippen molar-refractivity contribution in [2.75, 3.05) is 59.7 Å². The lowest BCUT2D eigenvalue weighted by Crippen LogP contribution is -2.47. The fourth-order valence-corrected chi connectivity index (χ4v) is 10.2. The minimum Gasteiger partial charge on any atom is -0.491 e. The minimum absolute atomic E-state index is 0.00583. The summed E-state index contributed by atoms with van der Waals surface area (Å²) < 4.78 is 70.8. The van der Waals surface area contributed by atoms with Crippen molar-refractivity contribution in [1.29, 1.82) is 0 Å². The van der Waals surface area contributed by atoms with E-state index in [0.717, 1.165) is 29.8 Å². The lowest BCUT2D eigenvalue weighted by Gasteiger charge is -2.38. The summed E-state index contributed by atoms with van der Waals surface area (Å²) in [4.78, 5) is 0.374. The Morgan fingerprint density at radius 3 is 2.37 bits per heavy atom. The van der Waals surface area contributed by atoms with Gasteiger partial charge in [-0.15, -0.1) is 0 Å². The molecule has 0 aromatic heterocycles. The van der Waals surface area contributed by atoms with Gasteiger partial charge in [0.15, 0.2) is 9.84 Å². The number of aliphatic hydroxyl groups excluding tert-OH is 2. The van der Waals surface area contributed by atoms with Crippen LogP contribution < -0.4 is 15.4 Å². The highest BCUT2D eigenvalue weighted by atomic mass is 32.2. The van der Waals surface area contributed by atoms with Crippen molar-refractivity contribution in [3.05, 3.63) is 78.4 Å². The second kappa shape index (κ2) is 16.0. The second-order valence-electron chi connectivity index (χ2n) is 13.9. The highest BCUT2D eigenvalue weighted by Crippen LogP contribution is 2.46. The van der Waals surface area contributed by atoms with Crippen molar-refractivity contribution >= 4 is 19.9 Å². The van der Waals surface area contributed by atoms with E-state index < -0.39 is 42.9 Å². The molecule has 1 saturated carbocycles. The van der Waals surface area contributed by atoms with Gasteiger partial charge >= 0.3 is 0 Å². The molecule has 1 aliphatic carbocycles. The average molecular weight is 744 g/mol. The van der Waals surface area contributed by atoms with Crippen LogP contribution in [-0.2, 0) is 35.9 Å². The molecule has 0 amide bonds. The third-order valence-electron chi connectivity index (χ3n) is 10.3. The van der Waals surface area contributed by atoms with Crippen molar-refractivity contribution in [2.24, 2.45) is 0 Å². The third-order valence-corrected chi connectivity index (χ3v) is 14.7. The topological polar surface area (TPSA) is 164 Å². The van der Waals surface area contributed by atoms with E-state index in [1.54, 1.807) is 41.7 Å². The van der Waals surface area contributed by atoms with E-state index in [1.807, 2.05) is 30.3 Å². The highest BCUT2D eigenvalue weighted by molar-refractivity contribution is 7.93. The molecule has 51 heavy (non-hydrogen) atoms. The van der Waals surface area contributed by atoms with Gasteiger partial charge in [-0.05, 0) is 79.1 Å². The molecule has 0 radical (unpaired) electrons. The summed E-state index contributed by atoms with van der Waals surface area (Å²) in [5, 5.41) is 26.9. The molecule has 14 heteroatoms. The summed E-state index contributed by atoms with van der Waals surface area (Å²) in [7, 11) is -5.70. The van der Waals surface area contributed by atoms with Gasteiger partial charge in [0.2, 0.25) is 10.0 Å². The fraction of sp³-hybridized carbons (Fsp3) is 0.514. The van der Waals surface area contributed by atoms with Crippen LogP contribution in [0.1, 0.15) is 37.7 Å². The first kappa shape index (κ1) is 37.8. The van der Waals surface area contributed by atoms with E-state index in [2.05, 4.69) is 10.6 Å². The van der Waals surface area contributed by atoms with Crippen molar-refractivity contribution in [3.8, 4) is 16.9 Å². The molecule has 2 atom stereocenters. The zero-order valence-electron chi connectivity index (χ0n) is 29.0. The van der Waals surface area contributed by atoms with Crippen LogP contribution in [0, 0.1) is 0 Å². The zero-order chi connectivity index (χ0) is 36.1. The van der Waals surface area contributed by atoms with Gasteiger partial charge in [0.05, 0.1) is 40.0 Å². The Morgan fingerprint density at radius 2 is 1.67 bits per heavy atom. The van der Waals surface area contributed by atoms with Crippen LogP contribution in [0.25, 0.3) is 11.1 Å². The Kier molecular flexibility index (Phi) is 11.9. The molecule has 0 unspecified atom stereocenters. The quantitative estimate of drug-likeness (QED) is 0.151. The number of piperidine rings is 1. The maximum atomic E-state index is 13.7. The molecule has 3 fully saturated rings. The number of rotatable bonds is 17. The van der Waals surface area contributed by atoms with E-state index >= 15 is 0 Å². The van der Waals surface area contributed by atoms with Crippen LogP contribution in [0.4, 0.5) is 0 Å². The Labute approximate surface area is 301 Å². The SMILES string of the molecule is COCCNCc1ccc(-c2cccc(S(=O)(=O)N3CCC4(CC3)C[C@@H](NC[C@H](O)COc3cccc(S(=O)(=O)C5(CO)CC5)c3)CO4)c2)cc1. The highest BCUT2D eigenvalue weighted by Gasteiger charge is 2.54. The molecule has 3 aromatic carbocycles. The number of benzene rings is 3. The lowest BCUT2D eigenvalue weighted by atomic mass is 9.88. The smallest absolute Gasteiger partial charge is 0.243 e. The summed E-state index contributed by atoms with van der Waals surface area (Å²) in [5.41, 5.74) is 2.50. The van der Waals surface area contributed by atoms with E-state index in [9.17, 15) is 27.0 Å². The number of aliphatic hydroxyl groups is 2. The number of sulfonamides is 1. The predicted octanol–water partition coefficient (Wildman–Crippen LogP) is 2.73. The molecule has 3 aliphatic rings. The lowest BCUT2D eigenvalue weighted by molar-refractivity contribution is -0.0312. The molecule has 2 aliphatic heterocycles. The number of nitrogens with zero attached hydrogens (tertiary/aromatic N) is 1. The molecule has 3 aromatic rings. The van der Waals surface area contributed by atoms with Crippen LogP contribution >= 0.6 is 0 Å². The van der Waals surface area contributed by atoms with Crippen LogP contribution in [0.5, 0.6) is 5.75 Å². The van der Waals surface area contributed by atoms with Crippen LogP contribution in [0.3, 0.4) is 0 Å². The monoisotopic (exact) mass is 743 g/mol. The van der Waals surface area contributed by atoms with E-state index in [1.165, 1.54) is 12.1 Å². The number of nitrogens with one attached hydrogen (secondary N) is 2. The molecule has 2 heterocycles. The van der Waals surface area contributed by atoms with Crippen LogP contribution in [0.2, 0.25) is 0 Å². The fourth-order valence-electron chi connectivity index (χ4n) is 6.85. The average Bonchev–Trinajstić information content (AvgIpc) is 3.88. The van der Waals surface area contributed by atoms with Crippen molar-refractivity contribution in [1.82, 2.24) is 14.9 Å². The zero-order valence-corrected chi connectivity index (χ0v) is 30.6. The molecule has 278 valence electrons. The molecular weight excluding hydrogens is 695 g/mol. The number of sulfone groups is 1. The molecule has 12 nitrogen and oxygen atoms in total. The summed E-state index contributed by atoms with van der Waals surface area (Å²) in [6.07, 6.45) is 1.88. The molecule has 1 spiro atoms. The standard InChI is InChI=1S/C37H49N3O9S2/c1-47-19-16-38-23-28-8-10-29(11-9-28)30-4-2-7-35(20-30)51(45,46)40-17-14-36(15-18-40)22-31(25-49-36)39-24-32(42)26-48-33-5-3-6-34(21-33)50(43,44)37(27-41)12-13-37/h2-11,20-21,31-32,38-39,41-42H,12-19,22-27H2,1H3/t31-,32+/m1/s1. The van der Waals surface area contributed by atoms with Gasteiger partial charge in [-0.3, -0.25) is 0 Å². The Morgan fingerprint density at radius 1 is 0.941 bits per heavy atom. The Bertz CT molecular complexity index is 1840. The maximum Gasteiger partial charge on any atom is 0.243 e. The summed E-state index contributed by atoms with van der Waals surface area (Å²) in [5.74, 6) is 0.330. The third kappa shape index (κ3) is 8.66. The summed E-state index contributed by atoms with van der Waals surface area (Å²) >= 11 is 0. The number of methoxy groups -OCH3 is 1. The molecule has 0 bridgehead atoms. The van der Waals surface area contributed by atoms with Gasteiger partial charge in [-0.1, -0.05) is 42.5 Å². The first-order valence-corrected chi connectivity index (χ1v) is 20.4. The molecular formula is C37H49N3O9S2. The Balaban J connectivity index is 0.960. The van der Waals surface area contributed by atoms with Gasteiger partial charge in [0.25, 0.3) is 0 Å². The summed E-state index contributed by atoms with van der Waals surface area (Å²) in [6.45, 7) is 3.12. The molecule has 4 N–H and O–H groups in total. The largest absolute Gasteiger partial charge is 0.491 e. The molecule has 2 saturated heterocycles. The van der Waals surface area contributed by atoms with E-state index in [0.29, 0.717) is 64.2 Å². The first-order chi connectivity index (χ1) is 24.5. The Hall–Kier alpha value is -2.92. The first-order valence-electron chi connectivity index (χ1n) is 17.5. The van der Waals surface area contributed by atoms with Gasteiger partial charge in [0, 0.05) is 45.9 Å². The van der Waals surface area contributed by atoms with Gasteiger partial charge in [-0.25, -0.2) is 16.8 Å². The summed E-state index contributed by atoms with van der Waals surface area (Å²) in [6, 6.07) is 21.4. The van der Waals surface area contributed by atoms with E-state index in [4.69, 9.17) is 14.2 Å².